The first-order chi connectivity index (χ1) is 15.4. The van der Waals surface area contributed by atoms with Crippen molar-refractivity contribution in [2.24, 2.45) is 5.92 Å². The van der Waals surface area contributed by atoms with Gasteiger partial charge in [0.2, 0.25) is 11.9 Å². The molecule has 3 heterocycles. The molecule has 0 unspecified atom stereocenters. The first kappa shape index (κ1) is 22.5. The molecule has 7 heteroatoms. The zero-order chi connectivity index (χ0) is 22.7. The van der Waals surface area contributed by atoms with Gasteiger partial charge in [-0.1, -0.05) is 12.1 Å². The van der Waals surface area contributed by atoms with Crippen molar-refractivity contribution in [3.63, 3.8) is 0 Å². The van der Waals surface area contributed by atoms with Crippen LogP contribution in [-0.4, -0.2) is 60.1 Å². The molecule has 0 spiro atoms. The molecule has 1 aromatic carbocycles. The Balaban J connectivity index is 1.55. The summed E-state index contributed by atoms with van der Waals surface area (Å²) in [5.74, 6) is 1.74. The van der Waals surface area contributed by atoms with E-state index >= 15 is 0 Å². The molecule has 172 valence electrons. The zero-order valence-corrected chi connectivity index (χ0v) is 19.7. The Bertz CT molecular complexity index is 942. The Morgan fingerprint density at radius 3 is 2.69 bits per heavy atom. The molecule has 2 aromatic rings. The number of ether oxygens (including phenoxy) is 1. The van der Waals surface area contributed by atoms with Crippen LogP contribution in [-0.2, 0) is 11.3 Å². The van der Waals surface area contributed by atoms with Crippen LogP contribution in [0.3, 0.4) is 0 Å². The number of aromatic nitrogens is 2. The molecular weight excluding hydrogens is 402 g/mol. The van der Waals surface area contributed by atoms with E-state index in [2.05, 4.69) is 39.2 Å². The van der Waals surface area contributed by atoms with Crippen molar-refractivity contribution in [3.8, 4) is 5.75 Å². The monoisotopic (exact) mass is 437 g/mol. The summed E-state index contributed by atoms with van der Waals surface area (Å²) in [6.07, 6.45) is 4.22. The van der Waals surface area contributed by atoms with Crippen molar-refractivity contribution in [1.82, 2.24) is 20.2 Å². The molecule has 0 saturated carbocycles. The fourth-order valence-corrected chi connectivity index (χ4v) is 4.91. The fraction of sp³-hybridized carbons (Fsp3) is 0.560. The van der Waals surface area contributed by atoms with E-state index < -0.39 is 0 Å². The maximum atomic E-state index is 13.1. The molecule has 2 atom stereocenters. The minimum absolute atomic E-state index is 0.0532. The molecule has 2 aliphatic heterocycles. The summed E-state index contributed by atoms with van der Waals surface area (Å²) >= 11 is 0. The number of nitrogens with one attached hydrogen (secondary N) is 1. The third-order valence-electron chi connectivity index (χ3n) is 6.46. The van der Waals surface area contributed by atoms with Crippen LogP contribution in [0.2, 0.25) is 0 Å². The van der Waals surface area contributed by atoms with E-state index in [0.29, 0.717) is 0 Å². The van der Waals surface area contributed by atoms with Crippen LogP contribution in [0.25, 0.3) is 0 Å². The number of likely N-dealkylation sites (tertiary alicyclic amines) is 1. The summed E-state index contributed by atoms with van der Waals surface area (Å²) in [7, 11) is 1.70. The molecule has 0 aliphatic carbocycles. The summed E-state index contributed by atoms with van der Waals surface area (Å²) in [5, 5.41) is 3.13. The lowest BCUT2D eigenvalue weighted by atomic mass is 9.91. The molecule has 1 N–H and O–H groups in total. The first-order valence-corrected chi connectivity index (χ1v) is 11.7. The lowest BCUT2D eigenvalue weighted by Gasteiger charge is -2.21. The van der Waals surface area contributed by atoms with Crippen molar-refractivity contribution < 1.29 is 9.53 Å². The number of aryl methyl sites for hydroxylation is 1. The second-order valence-electron chi connectivity index (χ2n) is 9.35. The van der Waals surface area contributed by atoms with Crippen molar-refractivity contribution >= 4 is 11.9 Å². The van der Waals surface area contributed by atoms with Gasteiger partial charge in [0.25, 0.3) is 0 Å². The second-order valence-corrected chi connectivity index (χ2v) is 9.35. The quantitative estimate of drug-likeness (QED) is 0.718. The molecule has 2 aliphatic rings. The third-order valence-corrected chi connectivity index (χ3v) is 6.46. The van der Waals surface area contributed by atoms with Crippen molar-refractivity contribution in [2.75, 3.05) is 38.2 Å². The van der Waals surface area contributed by atoms with Gasteiger partial charge >= 0.3 is 0 Å². The van der Waals surface area contributed by atoms with Crippen LogP contribution in [0.4, 0.5) is 5.95 Å². The predicted octanol–water partition coefficient (Wildman–Crippen LogP) is 3.13. The van der Waals surface area contributed by atoms with E-state index in [0.717, 1.165) is 55.7 Å². The van der Waals surface area contributed by atoms with Crippen molar-refractivity contribution in [2.45, 2.75) is 52.1 Å². The normalized spacial score (nSPS) is 21.3. The topological polar surface area (TPSA) is 70.6 Å². The van der Waals surface area contributed by atoms with Crippen molar-refractivity contribution in [3.05, 3.63) is 47.3 Å². The Labute approximate surface area is 191 Å². The Morgan fingerprint density at radius 1 is 1.22 bits per heavy atom. The lowest BCUT2D eigenvalue weighted by Crippen LogP contribution is -2.38. The SMILES string of the molecule is COc1ccc(CN2C[C@H](C(=O)NC(C)C)[C@@H](c3ccnc(N4CCCC4)n3)C2)cc1C. The largest absolute Gasteiger partial charge is 0.496 e. The maximum absolute atomic E-state index is 13.1. The third kappa shape index (κ3) is 5.04. The zero-order valence-electron chi connectivity index (χ0n) is 19.7. The van der Waals surface area contributed by atoms with Gasteiger partial charge in [0.05, 0.1) is 18.7 Å². The van der Waals surface area contributed by atoms with Crippen LogP contribution < -0.4 is 15.0 Å². The van der Waals surface area contributed by atoms with Crippen LogP contribution in [0.5, 0.6) is 5.75 Å². The number of anilines is 1. The number of benzene rings is 1. The number of nitrogens with zero attached hydrogens (tertiary/aromatic N) is 4. The smallest absolute Gasteiger partial charge is 0.225 e. The molecule has 1 aromatic heterocycles. The number of rotatable bonds is 7. The summed E-state index contributed by atoms with van der Waals surface area (Å²) in [6.45, 7) is 10.4. The van der Waals surface area contributed by atoms with E-state index in [1.807, 2.05) is 32.2 Å². The van der Waals surface area contributed by atoms with Crippen LogP contribution in [0.15, 0.2) is 30.5 Å². The van der Waals surface area contributed by atoms with Crippen molar-refractivity contribution in [1.29, 1.82) is 0 Å². The highest BCUT2D eigenvalue weighted by molar-refractivity contribution is 5.80. The van der Waals surface area contributed by atoms with E-state index in [-0.39, 0.29) is 23.8 Å². The molecule has 1 amide bonds. The van der Waals surface area contributed by atoms with Gasteiger partial charge in [-0.2, -0.15) is 0 Å². The highest BCUT2D eigenvalue weighted by Crippen LogP contribution is 2.34. The van der Waals surface area contributed by atoms with Gasteiger partial charge in [0.1, 0.15) is 5.75 Å². The summed E-state index contributed by atoms with van der Waals surface area (Å²) in [5.41, 5.74) is 3.33. The van der Waals surface area contributed by atoms with Gasteiger partial charge in [-0.15, -0.1) is 0 Å². The van der Waals surface area contributed by atoms with Crippen LogP contribution in [0, 0.1) is 12.8 Å². The Morgan fingerprint density at radius 2 is 2.00 bits per heavy atom. The fourth-order valence-electron chi connectivity index (χ4n) is 4.91. The number of carbonyl (C=O) groups is 1. The van der Waals surface area contributed by atoms with Crippen LogP contribution >= 0.6 is 0 Å². The molecular formula is C25H35N5O2. The average molecular weight is 438 g/mol. The molecule has 4 rings (SSSR count). The number of methoxy groups -OCH3 is 1. The summed E-state index contributed by atoms with van der Waals surface area (Å²) in [6, 6.07) is 8.41. The first-order valence-electron chi connectivity index (χ1n) is 11.7. The minimum atomic E-state index is -0.127. The van der Waals surface area contributed by atoms with Gasteiger partial charge < -0.3 is 15.0 Å². The molecule has 0 radical (unpaired) electrons. The minimum Gasteiger partial charge on any atom is -0.496 e. The van der Waals surface area contributed by atoms with Gasteiger partial charge in [0.15, 0.2) is 0 Å². The van der Waals surface area contributed by atoms with Gasteiger partial charge in [-0.3, -0.25) is 9.69 Å². The molecule has 2 fully saturated rings. The standard InChI is InChI=1S/C25H35N5O2/c1-17(2)27-24(31)21-16-29(14-19-7-8-23(32-4)18(3)13-19)15-20(21)22-9-10-26-25(28-22)30-11-5-6-12-30/h7-10,13,17,20-21H,5-6,11-12,14-16H2,1-4H3,(H,27,31)/t20-,21-/m0/s1. The highest BCUT2D eigenvalue weighted by Gasteiger charge is 2.39. The number of carbonyl (C=O) groups excluding carboxylic acids is 1. The molecule has 7 nitrogen and oxygen atoms in total. The molecule has 0 bridgehead atoms. The summed E-state index contributed by atoms with van der Waals surface area (Å²) < 4.78 is 5.40. The predicted molar refractivity (Wildman–Crippen MR) is 126 cm³/mol. The van der Waals surface area contributed by atoms with E-state index in [9.17, 15) is 4.79 Å². The van der Waals surface area contributed by atoms with E-state index in [4.69, 9.17) is 9.72 Å². The van der Waals surface area contributed by atoms with E-state index in [1.54, 1.807) is 7.11 Å². The highest BCUT2D eigenvalue weighted by atomic mass is 16.5. The second kappa shape index (κ2) is 9.86. The van der Waals surface area contributed by atoms with E-state index in [1.165, 1.54) is 18.4 Å². The van der Waals surface area contributed by atoms with Gasteiger partial charge in [-0.25, -0.2) is 9.97 Å². The average Bonchev–Trinajstić information content (AvgIpc) is 3.44. The van der Waals surface area contributed by atoms with Gasteiger partial charge in [0, 0.05) is 50.9 Å². The van der Waals surface area contributed by atoms with Gasteiger partial charge in [-0.05, 0) is 56.9 Å². The number of hydrogen-bond acceptors (Lipinski definition) is 6. The Kier molecular flexibility index (Phi) is 6.94. The lowest BCUT2D eigenvalue weighted by molar-refractivity contribution is -0.125. The molecule has 32 heavy (non-hydrogen) atoms. The number of hydrogen-bond donors (Lipinski definition) is 1. The Hall–Kier alpha value is -2.67. The molecule has 2 saturated heterocycles. The number of amides is 1. The van der Waals surface area contributed by atoms with Crippen LogP contribution in [0.1, 0.15) is 49.4 Å². The summed E-state index contributed by atoms with van der Waals surface area (Å²) in [4.78, 5) is 27.2. The maximum Gasteiger partial charge on any atom is 0.225 e.